The molecule has 0 bridgehead atoms. The Bertz CT molecular complexity index is 947. The van der Waals surface area contributed by atoms with Gasteiger partial charge < -0.3 is 8.98 Å². The maximum absolute atomic E-state index is 5.21. The van der Waals surface area contributed by atoms with Crippen molar-refractivity contribution in [2.24, 2.45) is 10.2 Å². The van der Waals surface area contributed by atoms with E-state index in [4.69, 9.17) is 4.42 Å². The van der Waals surface area contributed by atoms with Gasteiger partial charge in [-0.2, -0.15) is 5.10 Å². The summed E-state index contributed by atoms with van der Waals surface area (Å²) in [6.07, 6.45) is 8.75. The van der Waals surface area contributed by atoms with E-state index in [1.54, 1.807) is 29.9 Å². The molecule has 0 saturated heterocycles. The molecule has 4 nitrogen and oxygen atoms in total. The minimum absolute atomic E-state index is 0.672. The van der Waals surface area contributed by atoms with Crippen LogP contribution in [0.3, 0.4) is 0 Å². The van der Waals surface area contributed by atoms with Gasteiger partial charge in [0, 0.05) is 22.6 Å². The molecular weight excluding hydrogens is 398 g/mol. The number of furan rings is 1. The first kappa shape index (κ1) is 17.4. The zero-order valence-electron chi connectivity index (χ0n) is 13.4. The highest BCUT2D eigenvalue weighted by molar-refractivity contribution is 9.10. The number of allylic oxidation sites excluding steroid dienone is 2. The molecule has 126 valence electrons. The second-order valence-corrected chi connectivity index (χ2v) is 6.80. The lowest BCUT2D eigenvalue weighted by Crippen LogP contribution is -2.14. The van der Waals surface area contributed by atoms with Gasteiger partial charge in [-0.1, -0.05) is 34.1 Å². The Kier molecular flexibility index (Phi) is 5.98. The first-order valence-corrected chi connectivity index (χ1v) is 9.27. The molecule has 0 spiro atoms. The average molecular weight is 414 g/mol. The Labute approximate surface area is 158 Å². The van der Waals surface area contributed by atoms with Gasteiger partial charge in [0.2, 0.25) is 4.80 Å². The van der Waals surface area contributed by atoms with E-state index in [9.17, 15) is 0 Å². The molecule has 0 atom stereocenters. The maximum Gasteiger partial charge on any atom is 0.211 e. The molecule has 0 aliphatic heterocycles. The van der Waals surface area contributed by atoms with Crippen LogP contribution in [0, 0.1) is 0 Å². The Morgan fingerprint density at radius 1 is 1.24 bits per heavy atom. The SMILES string of the molecule is C=CCn1c(-c2ccc(Br)cc2)cs\c1=N/N=C/C=C/c1ccco1. The zero-order chi connectivity index (χ0) is 17.5. The van der Waals surface area contributed by atoms with Crippen LogP contribution in [0.4, 0.5) is 0 Å². The Balaban J connectivity index is 1.85. The molecule has 6 heteroatoms. The topological polar surface area (TPSA) is 42.8 Å². The van der Waals surface area contributed by atoms with Crippen LogP contribution in [-0.4, -0.2) is 10.8 Å². The summed E-state index contributed by atoms with van der Waals surface area (Å²) in [5, 5.41) is 10.5. The normalized spacial score (nSPS) is 12.4. The van der Waals surface area contributed by atoms with E-state index in [1.165, 1.54) is 0 Å². The summed E-state index contributed by atoms with van der Waals surface area (Å²) < 4.78 is 8.36. The van der Waals surface area contributed by atoms with E-state index in [2.05, 4.69) is 54.8 Å². The lowest BCUT2D eigenvalue weighted by Gasteiger charge is -2.06. The molecule has 0 amide bonds. The van der Waals surface area contributed by atoms with Gasteiger partial charge in [0.05, 0.1) is 12.0 Å². The Hall–Kier alpha value is -2.44. The number of benzene rings is 1. The molecule has 3 rings (SSSR count). The predicted octanol–water partition coefficient (Wildman–Crippen LogP) is 5.36. The molecule has 0 N–H and O–H groups in total. The Morgan fingerprint density at radius 3 is 2.80 bits per heavy atom. The number of halogens is 1. The van der Waals surface area contributed by atoms with Crippen LogP contribution < -0.4 is 4.80 Å². The molecule has 0 aliphatic rings. The zero-order valence-corrected chi connectivity index (χ0v) is 15.8. The van der Waals surface area contributed by atoms with Crippen molar-refractivity contribution in [3.05, 3.63) is 81.8 Å². The second-order valence-electron chi connectivity index (χ2n) is 5.05. The van der Waals surface area contributed by atoms with Gasteiger partial charge in [-0.3, -0.25) is 0 Å². The molecule has 0 saturated carbocycles. The molecule has 0 aliphatic carbocycles. The summed E-state index contributed by atoms with van der Waals surface area (Å²) in [5.41, 5.74) is 2.22. The summed E-state index contributed by atoms with van der Waals surface area (Å²) in [6, 6.07) is 11.9. The molecule has 3 aromatic rings. The quantitative estimate of drug-likeness (QED) is 0.304. The lowest BCUT2D eigenvalue weighted by atomic mass is 10.2. The van der Waals surface area contributed by atoms with E-state index in [0.717, 1.165) is 26.3 Å². The molecule has 1 aromatic carbocycles. The molecule has 2 aromatic heterocycles. The van der Waals surface area contributed by atoms with Crippen molar-refractivity contribution in [2.75, 3.05) is 0 Å². The summed E-state index contributed by atoms with van der Waals surface area (Å²) in [7, 11) is 0. The highest BCUT2D eigenvalue weighted by Crippen LogP contribution is 2.22. The maximum atomic E-state index is 5.21. The molecular formula is C19H16BrN3OS. The molecule has 0 fully saturated rings. The van der Waals surface area contributed by atoms with Crippen molar-refractivity contribution >= 4 is 39.6 Å². The first-order valence-electron chi connectivity index (χ1n) is 7.60. The minimum atomic E-state index is 0.672. The van der Waals surface area contributed by atoms with Crippen LogP contribution in [0.1, 0.15) is 5.76 Å². The van der Waals surface area contributed by atoms with Crippen molar-refractivity contribution in [3.63, 3.8) is 0 Å². The van der Waals surface area contributed by atoms with Gasteiger partial charge in [-0.25, -0.2) is 0 Å². The number of hydrogen-bond acceptors (Lipinski definition) is 4. The molecule has 0 radical (unpaired) electrons. The van der Waals surface area contributed by atoms with Crippen molar-refractivity contribution in [1.82, 2.24) is 4.57 Å². The number of hydrogen-bond donors (Lipinski definition) is 0. The summed E-state index contributed by atoms with van der Waals surface area (Å²) >= 11 is 5.02. The highest BCUT2D eigenvalue weighted by atomic mass is 79.9. The van der Waals surface area contributed by atoms with Crippen LogP contribution >= 0.6 is 27.3 Å². The Morgan fingerprint density at radius 2 is 2.08 bits per heavy atom. The second kappa shape index (κ2) is 8.60. The van der Waals surface area contributed by atoms with Crippen LogP contribution in [0.15, 0.2) is 85.9 Å². The summed E-state index contributed by atoms with van der Waals surface area (Å²) in [6.45, 7) is 4.51. The number of rotatable bonds is 6. The molecule has 2 heterocycles. The van der Waals surface area contributed by atoms with Gasteiger partial charge in [0.1, 0.15) is 5.76 Å². The van der Waals surface area contributed by atoms with Crippen molar-refractivity contribution < 1.29 is 4.42 Å². The third kappa shape index (κ3) is 4.55. The van der Waals surface area contributed by atoms with Crippen molar-refractivity contribution in [2.45, 2.75) is 6.54 Å². The monoisotopic (exact) mass is 413 g/mol. The van der Waals surface area contributed by atoms with Gasteiger partial charge in [-0.15, -0.1) is 23.0 Å². The van der Waals surface area contributed by atoms with E-state index >= 15 is 0 Å². The molecule has 0 unspecified atom stereocenters. The van der Waals surface area contributed by atoms with Gasteiger partial charge >= 0.3 is 0 Å². The van der Waals surface area contributed by atoms with E-state index in [1.807, 2.05) is 36.4 Å². The van der Waals surface area contributed by atoms with Gasteiger partial charge in [0.15, 0.2) is 0 Å². The van der Waals surface area contributed by atoms with Crippen LogP contribution in [0.25, 0.3) is 17.3 Å². The van der Waals surface area contributed by atoms with Crippen molar-refractivity contribution in [1.29, 1.82) is 0 Å². The minimum Gasteiger partial charge on any atom is -0.465 e. The highest BCUT2D eigenvalue weighted by Gasteiger charge is 2.06. The number of aromatic nitrogens is 1. The number of thiazole rings is 1. The fourth-order valence-corrected chi connectivity index (χ4v) is 3.35. The van der Waals surface area contributed by atoms with Crippen LogP contribution in [0.5, 0.6) is 0 Å². The molecule has 25 heavy (non-hydrogen) atoms. The van der Waals surface area contributed by atoms with E-state index in [-0.39, 0.29) is 0 Å². The van der Waals surface area contributed by atoms with E-state index in [0.29, 0.717) is 6.54 Å². The fraction of sp³-hybridized carbons (Fsp3) is 0.0526. The fourth-order valence-electron chi connectivity index (χ4n) is 2.21. The third-order valence-electron chi connectivity index (χ3n) is 3.35. The van der Waals surface area contributed by atoms with E-state index < -0.39 is 0 Å². The van der Waals surface area contributed by atoms with Gasteiger partial charge in [-0.05, 0) is 42.0 Å². The van der Waals surface area contributed by atoms with Gasteiger partial charge in [0.25, 0.3) is 0 Å². The largest absolute Gasteiger partial charge is 0.465 e. The summed E-state index contributed by atoms with van der Waals surface area (Å²) in [4.78, 5) is 0.820. The van der Waals surface area contributed by atoms with Crippen LogP contribution in [0.2, 0.25) is 0 Å². The van der Waals surface area contributed by atoms with Crippen molar-refractivity contribution in [3.8, 4) is 11.3 Å². The summed E-state index contributed by atoms with van der Waals surface area (Å²) in [5.74, 6) is 0.779. The predicted molar refractivity (Wildman–Crippen MR) is 107 cm³/mol. The lowest BCUT2D eigenvalue weighted by molar-refractivity contribution is 0.557. The first-order chi connectivity index (χ1) is 12.3. The third-order valence-corrected chi connectivity index (χ3v) is 4.73. The van der Waals surface area contributed by atoms with Crippen LogP contribution in [-0.2, 0) is 6.54 Å². The number of nitrogens with zero attached hydrogens (tertiary/aromatic N) is 3. The average Bonchev–Trinajstić information content (AvgIpc) is 3.26. The standard InChI is InChI=1S/C19H16BrN3OS/c1-2-12-23-18(15-7-9-16(20)10-8-15)14-25-19(23)22-21-11-3-5-17-6-4-13-24-17/h2-11,13-14H,1,12H2/b5-3+,21-11+,22-19-. The smallest absolute Gasteiger partial charge is 0.211 e.